The van der Waals surface area contributed by atoms with Crippen molar-refractivity contribution in [1.29, 1.82) is 0 Å². The van der Waals surface area contributed by atoms with E-state index in [9.17, 15) is 9.90 Å². The van der Waals surface area contributed by atoms with Gasteiger partial charge in [-0.2, -0.15) is 0 Å². The number of rotatable bonds is 5. The van der Waals surface area contributed by atoms with E-state index >= 15 is 0 Å². The van der Waals surface area contributed by atoms with E-state index in [4.69, 9.17) is 0 Å². The van der Waals surface area contributed by atoms with Crippen LogP contribution in [0.4, 0.5) is 0 Å². The Kier molecular flexibility index (Phi) is 4.53. The van der Waals surface area contributed by atoms with Crippen LogP contribution in [0.15, 0.2) is 24.3 Å². The van der Waals surface area contributed by atoms with Crippen molar-refractivity contribution >= 4 is 5.97 Å². The Labute approximate surface area is 97.3 Å². The molecule has 0 aromatic heterocycles. The Morgan fingerprint density at radius 3 is 2.50 bits per heavy atom. The molecule has 2 unspecified atom stereocenters. The van der Waals surface area contributed by atoms with E-state index in [1.54, 1.807) is 0 Å². The highest BCUT2D eigenvalue weighted by atomic mass is 16.4. The van der Waals surface area contributed by atoms with Crippen LogP contribution in [0.5, 0.6) is 0 Å². The molecule has 1 N–H and O–H groups in total. The molecule has 2 atom stereocenters. The van der Waals surface area contributed by atoms with Crippen molar-refractivity contribution in [3.63, 3.8) is 0 Å². The molecule has 88 valence electrons. The third-order valence-corrected chi connectivity index (χ3v) is 3.35. The first-order valence-electron chi connectivity index (χ1n) is 5.83. The number of aliphatic carboxylic acids is 1. The zero-order chi connectivity index (χ0) is 12.1. The molecule has 0 bridgehead atoms. The standard InChI is InChI=1S/C14H20O2/c1-4-10(2)13(14(15)16)9-12-8-6-5-7-11(12)3/h5-8,10,13H,4,9H2,1-3H3,(H,15,16). The fourth-order valence-corrected chi connectivity index (χ4v) is 1.89. The maximum Gasteiger partial charge on any atom is 0.307 e. The Morgan fingerprint density at radius 2 is 2.00 bits per heavy atom. The lowest BCUT2D eigenvalue weighted by molar-refractivity contribution is -0.143. The summed E-state index contributed by atoms with van der Waals surface area (Å²) in [6.07, 6.45) is 1.54. The summed E-state index contributed by atoms with van der Waals surface area (Å²) in [5.41, 5.74) is 2.33. The van der Waals surface area contributed by atoms with Crippen LogP contribution in [0.2, 0.25) is 0 Å². The minimum Gasteiger partial charge on any atom is -0.481 e. The van der Waals surface area contributed by atoms with Gasteiger partial charge in [-0.3, -0.25) is 4.79 Å². The van der Waals surface area contributed by atoms with Gasteiger partial charge >= 0.3 is 5.97 Å². The Bertz CT molecular complexity index is 358. The van der Waals surface area contributed by atoms with Crippen molar-refractivity contribution in [2.75, 3.05) is 0 Å². The number of carboxylic acids is 1. The summed E-state index contributed by atoms with van der Waals surface area (Å²) in [7, 11) is 0. The lowest BCUT2D eigenvalue weighted by atomic mass is 9.85. The summed E-state index contributed by atoms with van der Waals surface area (Å²) in [5.74, 6) is -0.735. The van der Waals surface area contributed by atoms with Crippen LogP contribution >= 0.6 is 0 Å². The highest BCUT2D eigenvalue weighted by Crippen LogP contribution is 2.22. The number of carbonyl (C=O) groups is 1. The highest BCUT2D eigenvalue weighted by molar-refractivity contribution is 5.70. The van der Waals surface area contributed by atoms with Crippen LogP contribution in [0.1, 0.15) is 31.4 Å². The fourth-order valence-electron chi connectivity index (χ4n) is 1.89. The summed E-state index contributed by atoms with van der Waals surface area (Å²) in [4.78, 5) is 11.2. The first-order chi connectivity index (χ1) is 7.56. The van der Waals surface area contributed by atoms with Gasteiger partial charge < -0.3 is 5.11 Å². The minimum absolute atomic E-state index is 0.220. The van der Waals surface area contributed by atoms with E-state index in [0.29, 0.717) is 6.42 Å². The fraction of sp³-hybridized carbons (Fsp3) is 0.500. The van der Waals surface area contributed by atoms with Crippen molar-refractivity contribution in [2.45, 2.75) is 33.6 Å². The third kappa shape index (κ3) is 3.09. The molecule has 0 aliphatic heterocycles. The second kappa shape index (κ2) is 5.69. The SMILES string of the molecule is CCC(C)C(Cc1ccccc1C)C(=O)O. The van der Waals surface area contributed by atoms with Crippen LogP contribution < -0.4 is 0 Å². The molecule has 0 radical (unpaired) electrons. The van der Waals surface area contributed by atoms with Crippen LogP contribution in [0.3, 0.4) is 0 Å². The summed E-state index contributed by atoms with van der Waals surface area (Å²) >= 11 is 0. The van der Waals surface area contributed by atoms with Gasteiger partial charge in [-0.05, 0) is 30.4 Å². The molecule has 0 aliphatic carbocycles. The van der Waals surface area contributed by atoms with E-state index in [-0.39, 0.29) is 11.8 Å². The van der Waals surface area contributed by atoms with Crippen LogP contribution in [0.25, 0.3) is 0 Å². The van der Waals surface area contributed by atoms with Gasteiger partial charge in [-0.1, -0.05) is 44.5 Å². The van der Waals surface area contributed by atoms with Gasteiger partial charge in [0.25, 0.3) is 0 Å². The molecular weight excluding hydrogens is 200 g/mol. The lowest BCUT2D eigenvalue weighted by Gasteiger charge is -2.19. The van der Waals surface area contributed by atoms with E-state index in [2.05, 4.69) is 0 Å². The Hall–Kier alpha value is -1.31. The number of hydrogen-bond acceptors (Lipinski definition) is 1. The molecule has 0 spiro atoms. The normalized spacial score (nSPS) is 14.4. The number of benzene rings is 1. The van der Waals surface area contributed by atoms with E-state index in [1.807, 2.05) is 45.0 Å². The molecule has 2 nitrogen and oxygen atoms in total. The van der Waals surface area contributed by atoms with Gasteiger partial charge in [-0.25, -0.2) is 0 Å². The summed E-state index contributed by atoms with van der Waals surface area (Å²) < 4.78 is 0. The van der Waals surface area contributed by atoms with Gasteiger partial charge in [0.1, 0.15) is 0 Å². The van der Waals surface area contributed by atoms with Crippen molar-refractivity contribution in [1.82, 2.24) is 0 Å². The second-order valence-corrected chi connectivity index (χ2v) is 4.46. The van der Waals surface area contributed by atoms with E-state index < -0.39 is 5.97 Å². The largest absolute Gasteiger partial charge is 0.481 e. The molecule has 0 aliphatic rings. The quantitative estimate of drug-likeness (QED) is 0.826. The van der Waals surface area contributed by atoms with Gasteiger partial charge in [-0.15, -0.1) is 0 Å². The molecule has 1 rings (SSSR count). The number of carboxylic acid groups (broad SMARTS) is 1. The van der Waals surface area contributed by atoms with E-state index in [0.717, 1.165) is 12.0 Å². The van der Waals surface area contributed by atoms with Crippen molar-refractivity contribution < 1.29 is 9.90 Å². The highest BCUT2D eigenvalue weighted by Gasteiger charge is 2.23. The predicted molar refractivity (Wildman–Crippen MR) is 65.5 cm³/mol. The average molecular weight is 220 g/mol. The molecule has 1 aromatic rings. The number of aryl methyl sites for hydroxylation is 1. The smallest absolute Gasteiger partial charge is 0.307 e. The molecule has 2 heteroatoms. The van der Waals surface area contributed by atoms with Crippen LogP contribution in [0, 0.1) is 18.8 Å². The first-order valence-corrected chi connectivity index (χ1v) is 5.83. The Balaban J connectivity index is 2.84. The maximum atomic E-state index is 11.2. The molecular formula is C14H20O2. The molecule has 0 fully saturated rings. The van der Waals surface area contributed by atoms with Crippen molar-refractivity contribution in [3.05, 3.63) is 35.4 Å². The average Bonchev–Trinajstić information content (AvgIpc) is 2.26. The van der Waals surface area contributed by atoms with Crippen LogP contribution in [-0.2, 0) is 11.2 Å². The predicted octanol–water partition coefficient (Wildman–Crippen LogP) is 3.28. The van der Waals surface area contributed by atoms with Crippen molar-refractivity contribution in [3.8, 4) is 0 Å². The second-order valence-electron chi connectivity index (χ2n) is 4.46. The van der Waals surface area contributed by atoms with Gasteiger partial charge in [0.2, 0.25) is 0 Å². The Morgan fingerprint density at radius 1 is 1.38 bits per heavy atom. The number of hydrogen-bond donors (Lipinski definition) is 1. The van der Waals surface area contributed by atoms with Crippen molar-refractivity contribution in [2.24, 2.45) is 11.8 Å². The molecule has 0 heterocycles. The zero-order valence-corrected chi connectivity index (χ0v) is 10.2. The summed E-state index contributed by atoms with van der Waals surface area (Å²) in [5, 5.41) is 9.23. The molecule has 0 saturated carbocycles. The maximum absolute atomic E-state index is 11.2. The first kappa shape index (κ1) is 12.8. The monoisotopic (exact) mass is 220 g/mol. The van der Waals surface area contributed by atoms with Gasteiger partial charge in [0.15, 0.2) is 0 Å². The lowest BCUT2D eigenvalue weighted by Crippen LogP contribution is -2.23. The topological polar surface area (TPSA) is 37.3 Å². The van der Waals surface area contributed by atoms with E-state index in [1.165, 1.54) is 5.56 Å². The summed E-state index contributed by atoms with van der Waals surface area (Å²) in [6, 6.07) is 8.01. The molecule has 1 aromatic carbocycles. The van der Waals surface area contributed by atoms with Gasteiger partial charge in [0.05, 0.1) is 5.92 Å². The van der Waals surface area contributed by atoms with Crippen LogP contribution in [-0.4, -0.2) is 11.1 Å². The van der Waals surface area contributed by atoms with Gasteiger partial charge in [0, 0.05) is 0 Å². The molecule has 16 heavy (non-hydrogen) atoms. The minimum atomic E-state index is -0.683. The summed E-state index contributed by atoms with van der Waals surface area (Å²) in [6.45, 7) is 6.08. The molecule has 0 saturated heterocycles. The third-order valence-electron chi connectivity index (χ3n) is 3.35. The molecule has 0 amide bonds. The zero-order valence-electron chi connectivity index (χ0n) is 10.2.